The summed E-state index contributed by atoms with van der Waals surface area (Å²) in [6.45, 7) is 3.94. The van der Waals surface area contributed by atoms with E-state index in [1.807, 2.05) is 0 Å². The maximum Gasteiger partial charge on any atom is 0.249 e. The quantitative estimate of drug-likeness (QED) is 0.0482. The largest absolute Gasteiger partial charge is 0.394 e. The molecule has 0 aromatic carbocycles. The minimum absolute atomic E-state index is 0.348. The highest BCUT2D eigenvalue weighted by Crippen LogP contribution is 2.13. The third kappa shape index (κ3) is 23.5. The Hall–Kier alpha value is -1.21. The molecule has 236 valence electrons. The van der Waals surface area contributed by atoms with Gasteiger partial charge in [0.05, 0.1) is 18.8 Å². The molecule has 6 nitrogen and oxygen atoms in total. The summed E-state index contributed by atoms with van der Waals surface area (Å²) in [5, 5.41) is 43.2. The second-order valence-corrected chi connectivity index (χ2v) is 11.5. The summed E-state index contributed by atoms with van der Waals surface area (Å²) in [6.07, 6.45) is 29.2. The fourth-order valence-corrected chi connectivity index (χ4v) is 4.85. The molecule has 0 saturated heterocycles. The number of nitrogens with one attached hydrogen (secondary N) is 1. The molecule has 6 heteroatoms. The molecule has 5 N–H and O–H groups in total. The van der Waals surface area contributed by atoms with E-state index in [0.29, 0.717) is 12.8 Å². The Morgan fingerprint density at radius 3 is 1.57 bits per heavy atom. The Kier molecular flexibility index (Phi) is 28.4. The second-order valence-electron chi connectivity index (χ2n) is 11.5. The van der Waals surface area contributed by atoms with E-state index >= 15 is 0 Å². The highest BCUT2D eigenvalue weighted by molar-refractivity contribution is 5.80. The van der Waals surface area contributed by atoms with Gasteiger partial charge in [-0.1, -0.05) is 122 Å². The van der Waals surface area contributed by atoms with Crippen molar-refractivity contribution in [2.45, 2.75) is 179 Å². The first-order chi connectivity index (χ1) is 19.5. The van der Waals surface area contributed by atoms with Gasteiger partial charge in [0.25, 0.3) is 0 Å². The number of amides is 1. The standard InChI is InChI=1S/C34H65NO5/c1-3-5-7-9-11-13-15-16-17-18-20-21-23-25-27-31(37)33(39)30(29-36)35-34(40)32(38)28-26-24-22-19-14-12-10-8-6-4-2/h10,12,20-21,30-33,36-39H,3-9,11,13-19,22-29H2,1-2H3,(H,35,40)/b12-10-,21-20+. The Bertz CT molecular complexity index is 609. The van der Waals surface area contributed by atoms with Gasteiger partial charge in [-0.25, -0.2) is 0 Å². The number of hydrogen-bond acceptors (Lipinski definition) is 5. The van der Waals surface area contributed by atoms with Gasteiger partial charge >= 0.3 is 0 Å². The van der Waals surface area contributed by atoms with Crippen molar-refractivity contribution in [2.24, 2.45) is 0 Å². The maximum atomic E-state index is 12.3. The van der Waals surface area contributed by atoms with Crippen molar-refractivity contribution >= 4 is 5.91 Å². The van der Waals surface area contributed by atoms with Gasteiger partial charge in [0.15, 0.2) is 0 Å². The molecular formula is C34H65NO5. The molecule has 0 rings (SSSR count). The van der Waals surface area contributed by atoms with Gasteiger partial charge in [-0.15, -0.1) is 0 Å². The molecule has 4 unspecified atom stereocenters. The van der Waals surface area contributed by atoms with Crippen LogP contribution in [0.2, 0.25) is 0 Å². The zero-order valence-electron chi connectivity index (χ0n) is 26.1. The van der Waals surface area contributed by atoms with Crippen molar-refractivity contribution < 1.29 is 25.2 Å². The summed E-state index contributed by atoms with van der Waals surface area (Å²) in [5.74, 6) is -0.608. The molecule has 40 heavy (non-hydrogen) atoms. The maximum absolute atomic E-state index is 12.3. The third-order valence-electron chi connectivity index (χ3n) is 7.63. The van der Waals surface area contributed by atoms with Crippen LogP contribution in [0.4, 0.5) is 0 Å². The monoisotopic (exact) mass is 567 g/mol. The van der Waals surface area contributed by atoms with E-state index in [4.69, 9.17) is 0 Å². The first-order valence-electron chi connectivity index (χ1n) is 16.7. The summed E-state index contributed by atoms with van der Waals surface area (Å²) in [4.78, 5) is 12.3. The Labute approximate surface area is 246 Å². The van der Waals surface area contributed by atoms with Crippen LogP contribution < -0.4 is 5.32 Å². The van der Waals surface area contributed by atoms with Gasteiger partial charge in [-0.2, -0.15) is 0 Å². The van der Waals surface area contributed by atoms with Crippen LogP contribution in [0.25, 0.3) is 0 Å². The normalized spacial score (nSPS) is 15.1. The van der Waals surface area contributed by atoms with Gasteiger partial charge in [-0.3, -0.25) is 4.79 Å². The van der Waals surface area contributed by atoms with Crippen LogP contribution >= 0.6 is 0 Å². The first-order valence-corrected chi connectivity index (χ1v) is 16.7. The van der Waals surface area contributed by atoms with Crippen molar-refractivity contribution in [1.29, 1.82) is 0 Å². The summed E-state index contributed by atoms with van der Waals surface area (Å²) < 4.78 is 0. The van der Waals surface area contributed by atoms with Crippen molar-refractivity contribution in [2.75, 3.05) is 6.61 Å². The van der Waals surface area contributed by atoms with Crippen molar-refractivity contribution in [3.05, 3.63) is 24.3 Å². The Morgan fingerprint density at radius 2 is 1.05 bits per heavy atom. The van der Waals surface area contributed by atoms with Crippen LogP contribution in [0.3, 0.4) is 0 Å². The van der Waals surface area contributed by atoms with Crippen LogP contribution in [-0.2, 0) is 4.79 Å². The summed E-state index contributed by atoms with van der Waals surface area (Å²) >= 11 is 0. The van der Waals surface area contributed by atoms with E-state index in [-0.39, 0.29) is 0 Å². The highest BCUT2D eigenvalue weighted by atomic mass is 16.3. The van der Waals surface area contributed by atoms with E-state index in [0.717, 1.165) is 57.8 Å². The smallest absolute Gasteiger partial charge is 0.249 e. The van der Waals surface area contributed by atoms with Gasteiger partial charge in [0.2, 0.25) is 5.91 Å². The minimum atomic E-state index is -1.28. The van der Waals surface area contributed by atoms with Crippen LogP contribution in [0.5, 0.6) is 0 Å². The zero-order valence-corrected chi connectivity index (χ0v) is 26.1. The molecule has 4 atom stereocenters. The van der Waals surface area contributed by atoms with Crippen molar-refractivity contribution in [3.8, 4) is 0 Å². The molecule has 0 radical (unpaired) electrons. The average molecular weight is 568 g/mol. The second kappa shape index (κ2) is 29.3. The molecule has 0 saturated carbocycles. The Balaban J connectivity index is 3.94. The number of carbonyl (C=O) groups is 1. The van der Waals surface area contributed by atoms with Crippen LogP contribution in [0.15, 0.2) is 24.3 Å². The summed E-state index contributed by atoms with van der Waals surface area (Å²) in [5.41, 5.74) is 0. The molecule has 0 aromatic heterocycles. The molecule has 0 bridgehead atoms. The molecule has 1 amide bonds. The predicted octanol–water partition coefficient (Wildman–Crippen LogP) is 7.28. The number of rotatable bonds is 29. The van der Waals surface area contributed by atoms with E-state index in [2.05, 4.69) is 43.5 Å². The van der Waals surface area contributed by atoms with Gasteiger partial charge in [0.1, 0.15) is 12.2 Å². The Morgan fingerprint density at radius 1 is 0.600 bits per heavy atom. The topological polar surface area (TPSA) is 110 Å². The van der Waals surface area contributed by atoms with Crippen LogP contribution in [0.1, 0.15) is 155 Å². The molecule has 0 fully saturated rings. The summed E-state index contributed by atoms with van der Waals surface area (Å²) in [7, 11) is 0. The van der Waals surface area contributed by atoms with Gasteiger partial charge < -0.3 is 25.7 Å². The average Bonchev–Trinajstić information content (AvgIpc) is 2.96. The van der Waals surface area contributed by atoms with E-state index in [1.165, 1.54) is 70.6 Å². The molecule has 0 spiro atoms. The molecule has 0 aliphatic carbocycles. The highest BCUT2D eigenvalue weighted by Gasteiger charge is 2.28. The fraction of sp³-hybridized carbons (Fsp3) is 0.853. The fourth-order valence-electron chi connectivity index (χ4n) is 4.85. The lowest BCUT2D eigenvalue weighted by Crippen LogP contribution is -2.53. The van der Waals surface area contributed by atoms with Crippen LogP contribution in [-0.4, -0.2) is 57.3 Å². The number of aliphatic hydroxyl groups is 4. The number of hydrogen-bond donors (Lipinski definition) is 5. The van der Waals surface area contributed by atoms with E-state index in [1.54, 1.807) is 0 Å². The van der Waals surface area contributed by atoms with E-state index < -0.39 is 36.9 Å². The van der Waals surface area contributed by atoms with Crippen molar-refractivity contribution in [3.63, 3.8) is 0 Å². The van der Waals surface area contributed by atoms with Crippen LogP contribution in [0, 0.1) is 0 Å². The van der Waals surface area contributed by atoms with Gasteiger partial charge in [-0.05, 0) is 57.8 Å². The SMILES string of the molecule is CCCC/C=C\CCCCCCC(O)C(=O)NC(CO)C(O)C(O)CCC/C=C/CCCCCCCCCCC. The number of allylic oxidation sites excluding steroid dienone is 4. The lowest BCUT2D eigenvalue weighted by atomic mass is 10.00. The molecular weight excluding hydrogens is 502 g/mol. The number of unbranched alkanes of at least 4 members (excludes halogenated alkanes) is 16. The lowest BCUT2D eigenvalue weighted by molar-refractivity contribution is -0.132. The van der Waals surface area contributed by atoms with Gasteiger partial charge in [0, 0.05) is 0 Å². The minimum Gasteiger partial charge on any atom is -0.394 e. The zero-order chi connectivity index (χ0) is 29.7. The molecule has 0 aliphatic rings. The predicted molar refractivity (Wildman–Crippen MR) is 168 cm³/mol. The summed E-state index contributed by atoms with van der Waals surface area (Å²) in [6, 6.07) is -1.00. The van der Waals surface area contributed by atoms with Crippen molar-refractivity contribution in [1.82, 2.24) is 5.32 Å². The molecule has 0 aliphatic heterocycles. The molecule has 0 heterocycles. The van der Waals surface area contributed by atoms with E-state index in [9.17, 15) is 25.2 Å². The molecule has 0 aromatic rings. The number of aliphatic hydroxyl groups excluding tert-OH is 4. The lowest BCUT2D eigenvalue weighted by Gasteiger charge is -2.27. The first kappa shape index (κ1) is 38.8. The third-order valence-corrected chi connectivity index (χ3v) is 7.63. The number of carbonyl (C=O) groups excluding carboxylic acids is 1.